The van der Waals surface area contributed by atoms with Crippen LogP contribution in [0.2, 0.25) is 0 Å². The fourth-order valence-corrected chi connectivity index (χ4v) is 3.30. The second-order valence-corrected chi connectivity index (χ2v) is 6.16. The standard InChI is InChI=1S/C13H14FN3O2S2/c1-3-15-12-16-17-13(21-12)20-7-10(18)9-6-8(14)4-5-11(9)19-2/h4-6H,3,7H2,1-2H3,(H,15,16). The molecule has 0 fully saturated rings. The first-order valence-electron chi connectivity index (χ1n) is 6.21. The highest BCUT2D eigenvalue weighted by Gasteiger charge is 2.15. The van der Waals surface area contributed by atoms with Gasteiger partial charge in [-0.05, 0) is 25.1 Å². The Morgan fingerprint density at radius 2 is 2.29 bits per heavy atom. The van der Waals surface area contributed by atoms with Gasteiger partial charge in [0, 0.05) is 6.54 Å². The molecule has 0 radical (unpaired) electrons. The van der Waals surface area contributed by atoms with Crippen LogP contribution in [0.25, 0.3) is 0 Å². The first-order chi connectivity index (χ1) is 10.1. The van der Waals surface area contributed by atoms with E-state index < -0.39 is 5.82 Å². The van der Waals surface area contributed by atoms with Gasteiger partial charge in [-0.15, -0.1) is 10.2 Å². The molecule has 2 aromatic rings. The normalized spacial score (nSPS) is 10.4. The summed E-state index contributed by atoms with van der Waals surface area (Å²) in [6.07, 6.45) is 0. The summed E-state index contributed by atoms with van der Waals surface area (Å²) in [5.41, 5.74) is 0.237. The quantitative estimate of drug-likeness (QED) is 0.623. The minimum absolute atomic E-state index is 0.153. The highest BCUT2D eigenvalue weighted by atomic mass is 32.2. The number of benzene rings is 1. The Morgan fingerprint density at radius 3 is 3.00 bits per heavy atom. The number of methoxy groups -OCH3 is 1. The monoisotopic (exact) mass is 327 g/mol. The van der Waals surface area contributed by atoms with E-state index in [2.05, 4.69) is 15.5 Å². The minimum Gasteiger partial charge on any atom is -0.496 e. The molecule has 0 spiro atoms. The molecule has 1 N–H and O–H groups in total. The SMILES string of the molecule is CCNc1nnc(SCC(=O)c2cc(F)ccc2OC)s1. The van der Waals surface area contributed by atoms with E-state index in [0.717, 1.165) is 11.7 Å². The Hall–Kier alpha value is -1.67. The molecule has 1 aromatic heterocycles. The third kappa shape index (κ3) is 4.15. The Balaban J connectivity index is 2.02. The van der Waals surface area contributed by atoms with E-state index in [9.17, 15) is 9.18 Å². The number of ketones is 1. The van der Waals surface area contributed by atoms with Gasteiger partial charge in [-0.25, -0.2) is 4.39 Å². The van der Waals surface area contributed by atoms with E-state index in [1.54, 1.807) is 0 Å². The zero-order valence-electron chi connectivity index (χ0n) is 11.6. The van der Waals surface area contributed by atoms with Gasteiger partial charge in [-0.2, -0.15) is 0 Å². The molecule has 0 saturated carbocycles. The maximum Gasteiger partial charge on any atom is 0.206 e. The highest BCUT2D eigenvalue weighted by molar-refractivity contribution is 8.01. The second kappa shape index (κ2) is 7.37. The molecule has 0 saturated heterocycles. The summed E-state index contributed by atoms with van der Waals surface area (Å²) in [6, 6.07) is 3.89. The molecule has 0 atom stereocenters. The van der Waals surface area contributed by atoms with Gasteiger partial charge in [-0.3, -0.25) is 4.79 Å². The van der Waals surface area contributed by atoms with Crippen LogP contribution in [0.5, 0.6) is 5.75 Å². The molecule has 2 rings (SSSR count). The van der Waals surface area contributed by atoms with Gasteiger partial charge < -0.3 is 10.1 Å². The molecular formula is C13H14FN3O2S2. The highest BCUT2D eigenvalue weighted by Crippen LogP contribution is 2.27. The molecule has 0 aliphatic heterocycles. The van der Waals surface area contributed by atoms with E-state index in [1.807, 2.05) is 6.92 Å². The third-order valence-corrected chi connectivity index (χ3v) is 4.54. The van der Waals surface area contributed by atoms with Crippen molar-refractivity contribution < 1.29 is 13.9 Å². The molecule has 5 nitrogen and oxygen atoms in total. The molecule has 1 heterocycles. The molecular weight excluding hydrogens is 313 g/mol. The number of nitrogens with zero attached hydrogens (tertiary/aromatic N) is 2. The second-order valence-electron chi connectivity index (χ2n) is 3.96. The molecule has 0 amide bonds. The molecule has 0 aliphatic rings. The van der Waals surface area contributed by atoms with Gasteiger partial charge in [0.05, 0.1) is 18.4 Å². The van der Waals surface area contributed by atoms with Gasteiger partial charge in [-0.1, -0.05) is 23.1 Å². The number of anilines is 1. The molecule has 1 aromatic carbocycles. The van der Waals surface area contributed by atoms with Crippen molar-refractivity contribution in [2.45, 2.75) is 11.3 Å². The number of aromatic nitrogens is 2. The maximum absolute atomic E-state index is 13.3. The Kier molecular flexibility index (Phi) is 5.51. The van der Waals surface area contributed by atoms with Crippen molar-refractivity contribution in [3.8, 4) is 5.75 Å². The van der Waals surface area contributed by atoms with Crippen molar-refractivity contribution in [1.82, 2.24) is 10.2 Å². The number of nitrogens with one attached hydrogen (secondary N) is 1. The lowest BCUT2D eigenvalue weighted by molar-refractivity contribution is 0.101. The van der Waals surface area contributed by atoms with Gasteiger partial charge in [0.25, 0.3) is 0 Å². The van der Waals surface area contributed by atoms with E-state index in [0.29, 0.717) is 10.1 Å². The van der Waals surface area contributed by atoms with Crippen molar-refractivity contribution in [2.75, 3.05) is 24.7 Å². The average molecular weight is 327 g/mol. The van der Waals surface area contributed by atoms with Crippen molar-refractivity contribution in [1.29, 1.82) is 0 Å². The Labute approximate surface area is 129 Å². The lowest BCUT2D eigenvalue weighted by atomic mass is 10.1. The van der Waals surface area contributed by atoms with E-state index in [4.69, 9.17) is 4.74 Å². The van der Waals surface area contributed by atoms with E-state index in [1.165, 1.54) is 48.4 Å². The van der Waals surface area contributed by atoms with Crippen LogP contribution in [0.1, 0.15) is 17.3 Å². The number of carbonyl (C=O) groups is 1. The number of rotatable bonds is 7. The number of hydrogen-bond donors (Lipinski definition) is 1. The van der Waals surface area contributed by atoms with Crippen LogP contribution < -0.4 is 10.1 Å². The van der Waals surface area contributed by atoms with Crippen molar-refractivity contribution in [3.63, 3.8) is 0 Å². The van der Waals surface area contributed by atoms with Crippen LogP contribution >= 0.6 is 23.1 Å². The molecule has 21 heavy (non-hydrogen) atoms. The number of ether oxygens (including phenoxy) is 1. The topological polar surface area (TPSA) is 64.1 Å². The molecule has 8 heteroatoms. The summed E-state index contributed by atoms with van der Waals surface area (Å²) in [5.74, 6) is -0.153. The van der Waals surface area contributed by atoms with Gasteiger partial charge in [0.15, 0.2) is 10.1 Å². The van der Waals surface area contributed by atoms with Crippen LogP contribution in [0.3, 0.4) is 0 Å². The Morgan fingerprint density at radius 1 is 1.48 bits per heavy atom. The Bertz CT molecular complexity index is 634. The van der Waals surface area contributed by atoms with E-state index in [-0.39, 0.29) is 17.1 Å². The number of thioether (sulfide) groups is 1. The zero-order chi connectivity index (χ0) is 15.2. The van der Waals surface area contributed by atoms with Crippen molar-refractivity contribution in [3.05, 3.63) is 29.6 Å². The van der Waals surface area contributed by atoms with Crippen LogP contribution in [0, 0.1) is 5.82 Å². The van der Waals surface area contributed by atoms with Crippen molar-refractivity contribution >= 4 is 34.0 Å². The molecule has 112 valence electrons. The zero-order valence-corrected chi connectivity index (χ0v) is 13.2. The largest absolute Gasteiger partial charge is 0.496 e. The minimum atomic E-state index is -0.463. The number of halogens is 1. The van der Waals surface area contributed by atoms with Gasteiger partial charge in [0.1, 0.15) is 11.6 Å². The number of carbonyl (C=O) groups excluding carboxylic acids is 1. The smallest absolute Gasteiger partial charge is 0.206 e. The lowest BCUT2D eigenvalue weighted by Gasteiger charge is -2.06. The summed E-state index contributed by atoms with van der Waals surface area (Å²) in [7, 11) is 1.45. The predicted molar refractivity (Wildman–Crippen MR) is 82.1 cm³/mol. The van der Waals surface area contributed by atoms with Gasteiger partial charge >= 0.3 is 0 Å². The van der Waals surface area contributed by atoms with Gasteiger partial charge in [0.2, 0.25) is 5.13 Å². The lowest BCUT2D eigenvalue weighted by Crippen LogP contribution is -2.05. The number of hydrogen-bond acceptors (Lipinski definition) is 7. The summed E-state index contributed by atoms with van der Waals surface area (Å²) < 4.78 is 19.0. The summed E-state index contributed by atoms with van der Waals surface area (Å²) in [6.45, 7) is 2.73. The van der Waals surface area contributed by atoms with Crippen LogP contribution in [0.15, 0.2) is 22.5 Å². The third-order valence-electron chi connectivity index (χ3n) is 2.52. The molecule has 0 aliphatic carbocycles. The molecule has 0 unspecified atom stereocenters. The predicted octanol–water partition coefficient (Wildman–Crippen LogP) is 3.09. The summed E-state index contributed by atoms with van der Waals surface area (Å²) in [4.78, 5) is 12.2. The summed E-state index contributed by atoms with van der Waals surface area (Å²) >= 11 is 2.65. The molecule has 0 bridgehead atoms. The summed E-state index contributed by atoms with van der Waals surface area (Å²) in [5, 5.41) is 11.7. The number of Topliss-reactive ketones (excluding diaryl/α,β-unsaturated/α-hetero) is 1. The fourth-order valence-electron chi connectivity index (χ4n) is 1.59. The first kappa shape index (κ1) is 15.7. The first-order valence-corrected chi connectivity index (χ1v) is 8.01. The van der Waals surface area contributed by atoms with E-state index >= 15 is 0 Å². The van der Waals surface area contributed by atoms with Crippen LogP contribution in [-0.4, -0.2) is 35.4 Å². The van der Waals surface area contributed by atoms with Crippen LogP contribution in [-0.2, 0) is 0 Å². The van der Waals surface area contributed by atoms with Crippen LogP contribution in [0.4, 0.5) is 9.52 Å². The van der Waals surface area contributed by atoms with Crippen molar-refractivity contribution in [2.24, 2.45) is 0 Å². The fraction of sp³-hybridized carbons (Fsp3) is 0.308. The maximum atomic E-state index is 13.3. The average Bonchev–Trinajstić information content (AvgIpc) is 2.93.